The molecule has 0 fully saturated rings. The van der Waals surface area contributed by atoms with Crippen LogP contribution in [0, 0.1) is 5.82 Å². The number of hydrogen-bond donors (Lipinski definition) is 1. The normalized spacial score (nSPS) is 10.3. The molecule has 0 amide bonds. The average molecular weight is 237 g/mol. The van der Waals surface area contributed by atoms with Crippen molar-refractivity contribution in [3.05, 3.63) is 41.2 Å². The van der Waals surface area contributed by atoms with Crippen molar-refractivity contribution in [2.24, 2.45) is 0 Å². The van der Waals surface area contributed by atoms with E-state index in [0.29, 0.717) is 15.4 Å². The van der Waals surface area contributed by atoms with E-state index in [9.17, 15) is 9.18 Å². The van der Waals surface area contributed by atoms with Gasteiger partial charge in [0.15, 0.2) is 0 Å². The number of benzene rings is 1. The second-order valence-corrected chi connectivity index (χ2v) is 4.30. The van der Waals surface area contributed by atoms with Crippen molar-refractivity contribution in [3.8, 4) is 10.6 Å². The predicted octanol–water partition coefficient (Wildman–Crippen LogP) is 2.58. The molecule has 0 atom stereocenters. The van der Waals surface area contributed by atoms with Gasteiger partial charge in [-0.05, 0) is 12.1 Å². The van der Waals surface area contributed by atoms with Crippen molar-refractivity contribution in [1.29, 1.82) is 0 Å². The van der Waals surface area contributed by atoms with Crippen LogP contribution in [0.3, 0.4) is 0 Å². The van der Waals surface area contributed by atoms with Gasteiger partial charge in [-0.3, -0.25) is 4.79 Å². The summed E-state index contributed by atoms with van der Waals surface area (Å²) in [4.78, 5) is 15.1. The van der Waals surface area contributed by atoms with Crippen LogP contribution in [0.15, 0.2) is 30.5 Å². The standard InChI is InChI=1S/C11H8FNO2S/c12-9-4-2-1-3-8(9)11-13-6-7(16-11)5-10(14)15/h1-4,6H,5H2,(H,14,15). The highest BCUT2D eigenvalue weighted by molar-refractivity contribution is 7.15. The summed E-state index contributed by atoms with van der Waals surface area (Å²) in [5, 5.41) is 9.11. The number of hydrogen-bond acceptors (Lipinski definition) is 3. The molecule has 3 nitrogen and oxygen atoms in total. The number of halogens is 1. The van der Waals surface area contributed by atoms with Crippen molar-refractivity contribution in [1.82, 2.24) is 4.98 Å². The minimum absolute atomic E-state index is 0.0773. The summed E-state index contributed by atoms with van der Waals surface area (Å²) in [5.41, 5.74) is 0.407. The maximum atomic E-state index is 13.4. The summed E-state index contributed by atoms with van der Waals surface area (Å²) < 4.78 is 13.4. The molecule has 16 heavy (non-hydrogen) atoms. The molecule has 5 heteroatoms. The van der Waals surface area contributed by atoms with E-state index in [0.717, 1.165) is 0 Å². The molecule has 0 bridgehead atoms. The fourth-order valence-corrected chi connectivity index (χ4v) is 2.23. The number of carboxylic acids is 1. The fourth-order valence-electron chi connectivity index (χ4n) is 1.30. The quantitative estimate of drug-likeness (QED) is 0.892. The second-order valence-electron chi connectivity index (χ2n) is 3.18. The van der Waals surface area contributed by atoms with Gasteiger partial charge in [-0.25, -0.2) is 9.37 Å². The molecule has 2 rings (SSSR count). The van der Waals surface area contributed by atoms with Gasteiger partial charge in [-0.15, -0.1) is 11.3 Å². The van der Waals surface area contributed by atoms with Crippen molar-refractivity contribution in [3.63, 3.8) is 0 Å². The maximum absolute atomic E-state index is 13.4. The van der Waals surface area contributed by atoms with Crippen molar-refractivity contribution < 1.29 is 14.3 Å². The Kier molecular flexibility index (Phi) is 2.96. The van der Waals surface area contributed by atoms with Crippen LogP contribution >= 0.6 is 11.3 Å². The van der Waals surface area contributed by atoms with E-state index >= 15 is 0 Å². The van der Waals surface area contributed by atoms with Gasteiger partial charge in [0.2, 0.25) is 0 Å². The highest BCUT2D eigenvalue weighted by Gasteiger charge is 2.10. The van der Waals surface area contributed by atoms with E-state index in [1.807, 2.05) is 0 Å². The summed E-state index contributed by atoms with van der Waals surface area (Å²) in [7, 11) is 0. The largest absolute Gasteiger partial charge is 0.481 e. The molecule has 0 aliphatic carbocycles. The Morgan fingerprint density at radius 1 is 1.44 bits per heavy atom. The summed E-state index contributed by atoms with van der Waals surface area (Å²) in [6.07, 6.45) is 1.40. The molecule has 1 aromatic heterocycles. The van der Waals surface area contributed by atoms with Gasteiger partial charge in [0.1, 0.15) is 10.8 Å². The molecule has 0 unspecified atom stereocenters. The third kappa shape index (κ3) is 2.25. The molecule has 1 N–H and O–H groups in total. The Hall–Kier alpha value is -1.75. The van der Waals surface area contributed by atoms with E-state index in [4.69, 9.17) is 5.11 Å². The molecule has 0 saturated carbocycles. The van der Waals surface area contributed by atoms with Gasteiger partial charge in [-0.2, -0.15) is 0 Å². The topological polar surface area (TPSA) is 50.2 Å². The molecule has 0 spiro atoms. The second kappa shape index (κ2) is 4.40. The monoisotopic (exact) mass is 237 g/mol. The molecular weight excluding hydrogens is 229 g/mol. The van der Waals surface area contributed by atoms with Crippen LogP contribution in [-0.4, -0.2) is 16.1 Å². The van der Waals surface area contributed by atoms with Gasteiger partial charge in [0.25, 0.3) is 0 Å². The molecule has 0 radical (unpaired) electrons. The van der Waals surface area contributed by atoms with E-state index in [1.165, 1.54) is 23.6 Å². The number of rotatable bonds is 3. The van der Waals surface area contributed by atoms with Crippen LogP contribution in [0.25, 0.3) is 10.6 Å². The fraction of sp³-hybridized carbons (Fsp3) is 0.0909. The zero-order valence-electron chi connectivity index (χ0n) is 8.18. The van der Waals surface area contributed by atoms with Crippen LogP contribution in [0.2, 0.25) is 0 Å². The summed E-state index contributed by atoms with van der Waals surface area (Å²) >= 11 is 1.20. The van der Waals surface area contributed by atoms with Gasteiger partial charge in [0, 0.05) is 16.6 Å². The van der Waals surface area contributed by atoms with Crippen LogP contribution in [-0.2, 0) is 11.2 Å². The molecule has 82 valence electrons. The molecule has 1 aromatic carbocycles. The van der Waals surface area contributed by atoms with Crippen molar-refractivity contribution in [2.45, 2.75) is 6.42 Å². The Labute approximate surface area is 95.2 Å². The third-order valence-electron chi connectivity index (χ3n) is 1.98. The van der Waals surface area contributed by atoms with E-state index < -0.39 is 5.97 Å². The van der Waals surface area contributed by atoms with Gasteiger partial charge >= 0.3 is 5.97 Å². The van der Waals surface area contributed by atoms with E-state index in [1.54, 1.807) is 18.2 Å². The van der Waals surface area contributed by atoms with E-state index in [-0.39, 0.29) is 12.2 Å². The molecule has 0 saturated heterocycles. The molecule has 2 aromatic rings. The van der Waals surface area contributed by atoms with Crippen molar-refractivity contribution in [2.75, 3.05) is 0 Å². The number of nitrogens with zero attached hydrogens (tertiary/aromatic N) is 1. The zero-order chi connectivity index (χ0) is 11.5. The lowest BCUT2D eigenvalue weighted by Crippen LogP contribution is -1.97. The van der Waals surface area contributed by atoms with E-state index in [2.05, 4.69) is 4.98 Å². The first-order chi connectivity index (χ1) is 7.66. The summed E-state index contributed by atoms with van der Waals surface area (Å²) in [6, 6.07) is 6.30. The van der Waals surface area contributed by atoms with Gasteiger partial charge in [-0.1, -0.05) is 12.1 Å². The van der Waals surface area contributed by atoms with Crippen LogP contribution in [0.1, 0.15) is 4.88 Å². The zero-order valence-corrected chi connectivity index (χ0v) is 9.00. The lowest BCUT2D eigenvalue weighted by Gasteiger charge is -1.96. The number of carboxylic acid groups (broad SMARTS) is 1. The molecule has 0 aliphatic rings. The minimum atomic E-state index is -0.913. The summed E-state index contributed by atoms with van der Waals surface area (Å²) in [6.45, 7) is 0. The van der Waals surface area contributed by atoms with Crippen molar-refractivity contribution >= 4 is 17.3 Å². The highest BCUT2D eigenvalue weighted by atomic mass is 32.1. The van der Waals surface area contributed by atoms with Gasteiger partial charge < -0.3 is 5.11 Å². The SMILES string of the molecule is O=C(O)Cc1cnc(-c2ccccc2F)s1. The van der Waals surface area contributed by atoms with Crippen LogP contribution < -0.4 is 0 Å². The third-order valence-corrected chi connectivity index (χ3v) is 3.01. The highest BCUT2D eigenvalue weighted by Crippen LogP contribution is 2.27. The smallest absolute Gasteiger partial charge is 0.308 e. The Balaban J connectivity index is 2.32. The molecule has 0 aliphatic heterocycles. The average Bonchev–Trinajstić information content (AvgIpc) is 2.66. The Morgan fingerprint density at radius 2 is 2.19 bits per heavy atom. The summed E-state index contributed by atoms with van der Waals surface area (Å²) in [5.74, 6) is -1.26. The molecular formula is C11H8FNO2S. The first kappa shape index (κ1) is 10.8. The first-order valence-corrected chi connectivity index (χ1v) is 5.40. The Morgan fingerprint density at radius 3 is 2.88 bits per heavy atom. The first-order valence-electron chi connectivity index (χ1n) is 4.58. The maximum Gasteiger partial charge on any atom is 0.308 e. The van der Waals surface area contributed by atoms with Crippen LogP contribution in [0.4, 0.5) is 4.39 Å². The number of carbonyl (C=O) groups is 1. The molecule has 1 heterocycles. The number of aliphatic carboxylic acids is 1. The number of thiazole rings is 1. The number of aromatic nitrogens is 1. The predicted molar refractivity (Wildman–Crippen MR) is 58.8 cm³/mol. The minimum Gasteiger partial charge on any atom is -0.481 e. The lowest BCUT2D eigenvalue weighted by molar-refractivity contribution is -0.136. The lowest BCUT2D eigenvalue weighted by atomic mass is 10.2. The van der Waals surface area contributed by atoms with Crippen LogP contribution in [0.5, 0.6) is 0 Å². The van der Waals surface area contributed by atoms with Gasteiger partial charge in [0.05, 0.1) is 6.42 Å². The Bertz CT molecular complexity index is 524.